The number of benzene rings is 1. The summed E-state index contributed by atoms with van der Waals surface area (Å²) >= 11 is 0. The lowest BCUT2D eigenvalue weighted by Crippen LogP contribution is -2.22. The molecule has 0 saturated carbocycles. The van der Waals surface area contributed by atoms with Gasteiger partial charge in [-0.05, 0) is 28.3 Å². The second kappa shape index (κ2) is 3.33. The molecule has 1 aromatic carbocycles. The third-order valence-corrected chi connectivity index (χ3v) is 2.12. The summed E-state index contributed by atoms with van der Waals surface area (Å²) in [6, 6.07) is 5.57. The molecule has 13 heavy (non-hydrogen) atoms. The van der Waals surface area contributed by atoms with Crippen LogP contribution < -0.4 is 5.46 Å². The van der Waals surface area contributed by atoms with Crippen molar-refractivity contribution in [3.63, 3.8) is 0 Å². The molecule has 0 saturated heterocycles. The van der Waals surface area contributed by atoms with E-state index in [9.17, 15) is 4.91 Å². The van der Waals surface area contributed by atoms with Crippen molar-refractivity contribution in [2.45, 2.75) is 26.2 Å². The van der Waals surface area contributed by atoms with E-state index < -0.39 is 0 Å². The minimum absolute atomic E-state index is 0.130. The predicted octanol–water partition coefficient (Wildman–Crippen LogP) is 1.64. The Hall–Kier alpha value is -1.12. The van der Waals surface area contributed by atoms with Crippen LogP contribution in [0.4, 0.5) is 5.69 Å². The van der Waals surface area contributed by atoms with Crippen molar-refractivity contribution < 1.29 is 0 Å². The number of nitroso groups, excluding NO2 is 1. The van der Waals surface area contributed by atoms with Crippen molar-refractivity contribution in [3.8, 4) is 0 Å². The van der Waals surface area contributed by atoms with E-state index in [2.05, 4.69) is 25.9 Å². The van der Waals surface area contributed by atoms with E-state index in [1.54, 1.807) is 6.07 Å². The highest BCUT2D eigenvalue weighted by Crippen LogP contribution is 2.22. The Balaban J connectivity index is 3.20. The predicted molar refractivity (Wildman–Crippen MR) is 58.8 cm³/mol. The van der Waals surface area contributed by atoms with Crippen molar-refractivity contribution >= 4 is 19.0 Å². The zero-order valence-corrected chi connectivity index (χ0v) is 8.59. The smallest absolute Gasteiger partial charge is 0.139 e. The van der Waals surface area contributed by atoms with Crippen LogP contribution in [0.1, 0.15) is 26.3 Å². The molecule has 0 radical (unpaired) electrons. The Morgan fingerprint density at radius 2 is 1.92 bits per heavy atom. The van der Waals surface area contributed by atoms with Gasteiger partial charge in [0.1, 0.15) is 13.5 Å². The molecular weight excluding hydrogens is 161 g/mol. The third-order valence-electron chi connectivity index (χ3n) is 2.12. The molecule has 0 aromatic heterocycles. The molecule has 1 aromatic rings. The van der Waals surface area contributed by atoms with E-state index in [1.807, 2.05) is 20.0 Å². The average molecular weight is 175 g/mol. The van der Waals surface area contributed by atoms with Gasteiger partial charge in [-0.25, -0.2) is 0 Å². The van der Waals surface area contributed by atoms with E-state index in [-0.39, 0.29) is 5.41 Å². The standard InChI is InChI=1S/C10H14BNO/c1-10(2,3)8-5-4-7(12-13)6-9(8)11/h4-6H,11H2,1-3H3. The lowest BCUT2D eigenvalue weighted by molar-refractivity contribution is 0.594. The van der Waals surface area contributed by atoms with Crippen molar-refractivity contribution in [2.24, 2.45) is 5.18 Å². The van der Waals surface area contributed by atoms with Gasteiger partial charge in [0.2, 0.25) is 0 Å². The summed E-state index contributed by atoms with van der Waals surface area (Å²) < 4.78 is 0. The largest absolute Gasteiger partial charge is 0.145 e. The van der Waals surface area contributed by atoms with E-state index in [4.69, 9.17) is 0 Å². The van der Waals surface area contributed by atoms with E-state index in [1.165, 1.54) is 5.56 Å². The number of nitrogens with zero attached hydrogens (tertiary/aromatic N) is 1. The first kappa shape index (κ1) is 9.97. The van der Waals surface area contributed by atoms with Crippen molar-refractivity contribution in [3.05, 3.63) is 28.7 Å². The summed E-state index contributed by atoms with van der Waals surface area (Å²) in [6.07, 6.45) is 0. The molecule has 0 aliphatic rings. The van der Waals surface area contributed by atoms with E-state index in [0.29, 0.717) is 5.69 Å². The normalized spacial score (nSPS) is 11.3. The Labute approximate surface area is 79.7 Å². The van der Waals surface area contributed by atoms with Gasteiger partial charge in [-0.1, -0.05) is 32.3 Å². The minimum atomic E-state index is 0.130. The SMILES string of the molecule is Bc1cc(N=O)ccc1C(C)(C)C. The molecule has 2 nitrogen and oxygen atoms in total. The van der Waals surface area contributed by atoms with Crippen molar-refractivity contribution in [1.29, 1.82) is 0 Å². The lowest BCUT2D eigenvalue weighted by atomic mass is 9.77. The van der Waals surface area contributed by atoms with Crippen LogP contribution in [-0.4, -0.2) is 7.85 Å². The number of hydrogen-bond donors (Lipinski definition) is 0. The van der Waals surface area contributed by atoms with Crippen LogP contribution in [0.5, 0.6) is 0 Å². The quantitative estimate of drug-likeness (QED) is 0.471. The highest BCUT2D eigenvalue weighted by Gasteiger charge is 2.15. The first-order chi connectivity index (χ1) is 5.95. The van der Waals surface area contributed by atoms with Crippen molar-refractivity contribution in [2.75, 3.05) is 0 Å². The maximum Gasteiger partial charge on any atom is 0.139 e. The van der Waals surface area contributed by atoms with Gasteiger partial charge >= 0.3 is 0 Å². The molecule has 0 fully saturated rings. The molecule has 68 valence electrons. The van der Waals surface area contributed by atoms with Gasteiger partial charge < -0.3 is 0 Å². The highest BCUT2D eigenvalue weighted by atomic mass is 16.3. The molecule has 3 heteroatoms. The van der Waals surface area contributed by atoms with E-state index >= 15 is 0 Å². The van der Waals surface area contributed by atoms with Gasteiger partial charge in [-0.15, -0.1) is 4.91 Å². The van der Waals surface area contributed by atoms with Crippen LogP contribution in [0.3, 0.4) is 0 Å². The summed E-state index contributed by atoms with van der Waals surface area (Å²) in [5.41, 5.74) is 3.03. The second-order valence-corrected chi connectivity index (χ2v) is 4.34. The van der Waals surface area contributed by atoms with Crippen LogP contribution in [0.15, 0.2) is 23.4 Å². The lowest BCUT2D eigenvalue weighted by Gasteiger charge is -2.21. The first-order valence-corrected chi connectivity index (χ1v) is 4.39. The molecule has 0 aliphatic carbocycles. The monoisotopic (exact) mass is 175 g/mol. The van der Waals surface area contributed by atoms with Crippen LogP contribution in [0.2, 0.25) is 0 Å². The molecule has 0 spiro atoms. The molecule has 0 atom stereocenters. The van der Waals surface area contributed by atoms with Crippen LogP contribution in [0.25, 0.3) is 0 Å². The maximum absolute atomic E-state index is 10.3. The topological polar surface area (TPSA) is 29.4 Å². The molecule has 0 aliphatic heterocycles. The Morgan fingerprint density at radius 1 is 1.31 bits per heavy atom. The van der Waals surface area contributed by atoms with Crippen LogP contribution in [-0.2, 0) is 5.41 Å². The number of hydrogen-bond acceptors (Lipinski definition) is 2. The summed E-state index contributed by atoms with van der Waals surface area (Å²) in [5, 5.41) is 2.90. The molecule has 0 N–H and O–H groups in total. The average Bonchev–Trinajstić information content (AvgIpc) is 2.01. The van der Waals surface area contributed by atoms with Gasteiger partial charge in [-0.2, -0.15) is 0 Å². The minimum Gasteiger partial charge on any atom is -0.145 e. The molecule has 0 amide bonds. The summed E-state index contributed by atoms with van der Waals surface area (Å²) in [7, 11) is 2.01. The van der Waals surface area contributed by atoms with E-state index in [0.717, 1.165) is 5.46 Å². The zero-order chi connectivity index (χ0) is 10.1. The maximum atomic E-state index is 10.3. The Kier molecular flexibility index (Phi) is 2.55. The van der Waals surface area contributed by atoms with Gasteiger partial charge in [-0.3, -0.25) is 0 Å². The highest BCUT2D eigenvalue weighted by molar-refractivity contribution is 6.33. The van der Waals surface area contributed by atoms with Gasteiger partial charge in [0.05, 0.1) is 0 Å². The van der Waals surface area contributed by atoms with Gasteiger partial charge in [0.15, 0.2) is 0 Å². The Bertz CT molecular complexity index is 328. The van der Waals surface area contributed by atoms with Gasteiger partial charge in [0, 0.05) is 0 Å². The molecule has 0 bridgehead atoms. The molecule has 0 unspecified atom stereocenters. The van der Waals surface area contributed by atoms with Gasteiger partial charge in [0.25, 0.3) is 0 Å². The second-order valence-electron chi connectivity index (χ2n) is 4.34. The fourth-order valence-corrected chi connectivity index (χ4v) is 1.55. The van der Waals surface area contributed by atoms with Crippen molar-refractivity contribution in [1.82, 2.24) is 0 Å². The fourth-order valence-electron chi connectivity index (χ4n) is 1.55. The third kappa shape index (κ3) is 2.17. The fraction of sp³-hybridized carbons (Fsp3) is 0.400. The Morgan fingerprint density at radius 3 is 2.31 bits per heavy atom. The van der Waals surface area contributed by atoms with Crippen LogP contribution >= 0.6 is 0 Å². The number of rotatable bonds is 1. The summed E-state index contributed by atoms with van der Waals surface area (Å²) in [4.78, 5) is 10.3. The summed E-state index contributed by atoms with van der Waals surface area (Å²) in [6.45, 7) is 6.47. The zero-order valence-electron chi connectivity index (χ0n) is 8.59. The molecular formula is C10H14BNO. The summed E-state index contributed by atoms with van der Waals surface area (Å²) in [5.74, 6) is 0. The van der Waals surface area contributed by atoms with Crippen LogP contribution in [0, 0.1) is 4.91 Å². The first-order valence-electron chi connectivity index (χ1n) is 4.39. The molecule has 0 heterocycles. The molecule has 1 rings (SSSR count).